The highest BCUT2D eigenvalue weighted by Crippen LogP contribution is 2.26. The molecule has 2 aromatic heterocycles. The van der Waals surface area contributed by atoms with Gasteiger partial charge in [0.25, 0.3) is 0 Å². The van der Waals surface area contributed by atoms with Gasteiger partial charge in [0, 0.05) is 19.2 Å². The fraction of sp³-hybridized carbons (Fsp3) is 0.667. The van der Waals surface area contributed by atoms with Gasteiger partial charge in [-0.1, -0.05) is 20.8 Å². The summed E-state index contributed by atoms with van der Waals surface area (Å²) in [4.78, 5) is 11.9. The van der Waals surface area contributed by atoms with Crippen molar-refractivity contribution in [3.05, 3.63) is 24.2 Å². The van der Waals surface area contributed by atoms with Gasteiger partial charge in [-0.2, -0.15) is 0 Å². The summed E-state index contributed by atoms with van der Waals surface area (Å²) in [5.74, 6) is 1.94. The van der Waals surface area contributed by atoms with E-state index in [1.807, 2.05) is 12.3 Å². The predicted octanol–water partition coefficient (Wildman–Crippen LogP) is 3.36. The summed E-state index contributed by atoms with van der Waals surface area (Å²) in [7, 11) is 2.22. The van der Waals surface area contributed by atoms with E-state index in [1.165, 1.54) is 31.8 Å². The predicted molar refractivity (Wildman–Crippen MR) is 90.9 cm³/mol. The van der Waals surface area contributed by atoms with Gasteiger partial charge < -0.3 is 9.47 Å². The van der Waals surface area contributed by atoms with Gasteiger partial charge in [0.05, 0.1) is 0 Å². The van der Waals surface area contributed by atoms with Crippen molar-refractivity contribution in [2.24, 2.45) is 11.3 Å². The van der Waals surface area contributed by atoms with Gasteiger partial charge in [-0.15, -0.1) is 0 Å². The summed E-state index contributed by atoms with van der Waals surface area (Å²) in [6, 6.07) is 4.07. The largest absolute Gasteiger partial charge is 0.312 e. The minimum absolute atomic E-state index is 0.242. The number of nitrogens with zero attached hydrogens (tertiary/aromatic N) is 4. The van der Waals surface area contributed by atoms with Crippen molar-refractivity contribution >= 4 is 11.2 Å². The van der Waals surface area contributed by atoms with Gasteiger partial charge in [0.1, 0.15) is 11.3 Å². The van der Waals surface area contributed by atoms with Crippen LogP contribution in [0.3, 0.4) is 0 Å². The molecule has 2 aromatic rings. The molecule has 0 bridgehead atoms. The average molecular weight is 300 g/mol. The fourth-order valence-corrected chi connectivity index (χ4v) is 3.31. The lowest BCUT2D eigenvalue weighted by Crippen LogP contribution is -2.32. The molecule has 1 aliphatic heterocycles. The van der Waals surface area contributed by atoms with E-state index in [2.05, 4.69) is 48.3 Å². The van der Waals surface area contributed by atoms with Gasteiger partial charge in [-0.3, -0.25) is 0 Å². The van der Waals surface area contributed by atoms with E-state index in [4.69, 9.17) is 4.98 Å². The molecular weight excluding hydrogens is 272 g/mol. The molecule has 0 spiro atoms. The first-order valence-corrected chi connectivity index (χ1v) is 8.41. The van der Waals surface area contributed by atoms with Crippen molar-refractivity contribution < 1.29 is 0 Å². The zero-order valence-electron chi connectivity index (χ0n) is 14.3. The Kier molecular flexibility index (Phi) is 4.22. The number of imidazole rings is 1. The van der Waals surface area contributed by atoms with Gasteiger partial charge in [0.2, 0.25) is 0 Å². The van der Waals surface area contributed by atoms with Crippen LogP contribution in [-0.4, -0.2) is 39.6 Å². The van der Waals surface area contributed by atoms with E-state index in [0.717, 1.165) is 30.0 Å². The third-order valence-corrected chi connectivity index (χ3v) is 4.55. The highest BCUT2D eigenvalue weighted by atomic mass is 15.1. The van der Waals surface area contributed by atoms with Crippen LogP contribution in [0.15, 0.2) is 18.3 Å². The molecule has 0 amide bonds. The first-order valence-electron chi connectivity index (χ1n) is 8.41. The van der Waals surface area contributed by atoms with E-state index in [9.17, 15) is 0 Å². The normalized spacial score (nSPS) is 18.2. The van der Waals surface area contributed by atoms with Gasteiger partial charge in [-0.25, -0.2) is 9.97 Å². The Morgan fingerprint density at radius 2 is 1.95 bits per heavy atom. The number of hydrogen-bond acceptors (Lipinski definition) is 3. The van der Waals surface area contributed by atoms with E-state index in [-0.39, 0.29) is 5.41 Å². The van der Waals surface area contributed by atoms with Crippen LogP contribution in [0.5, 0.6) is 0 Å². The van der Waals surface area contributed by atoms with E-state index >= 15 is 0 Å². The molecule has 3 heterocycles. The molecule has 0 unspecified atom stereocenters. The number of pyridine rings is 1. The average Bonchev–Trinajstić information content (AvgIpc) is 2.77. The Hall–Kier alpha value is -1.42. The number of likely N-dealkylation sites (tertiary alicyclic amines) is 1. The molecule has 22 heavy (non-hydrogen) atoms. The van der Waals surface area contributed by atoms with Crippen molar-refractivity contribution in [3.63, 3.8) is 0 Å². The third kappa shape index (κ3) is 3.49. The Morgan fingerprint density at radius 1 is 1.23 bits per heavy atom. The Morgan fingerprint density at radius 3 is 2.64 bits per heavy atom. The number of aromatic nitrogens is 3. The quantitative estimate of drug-likeness (QED) is 0.871. The highest BCUT2D eigenvalue weighted by Gasteiger charge is 2.22. The van der Waals surface area contributed by atoms with E-state index in [0.29, 0.717) is 0 Å². The van der Waals surface area contributed by atoms with Gasteiger partial charge >= 0.3 is 0 Å². The number of fused-ring (bicyclic) bond motifs is 1. The van der Waals surface area contributed by atoms with Gasteiger partial charge in [0.15, 0.2) is 5.65 Å². The minimum atomic E-state index is 0.242. The van der Waals surface area contributed by atoms with Crippen molar-refractivity contribution in [1.82, 2.24) is 19.4 Å². The smallest absolute Gasteiger partial charge is 0.159 e. The second-order valence-electron chi connectivity index (χ2n) is 7.97. The topological polar surface area (TPSA) is 34.0 Å². The van der Waals surface area contributed by atoms with Crippen LogP contribution in [0.2, 0.25) is 0 Å². The molecule has 1 saturated heterocycles. The molecule has 1 fully saturated rings. The molecule has 0 aliphatic carbocycles. The number of rotatable bonds is 3. The third-order valence-electron chi connectivity index (χ3n) is 4.55. The lowest BCUT2D eigenvalue weighted by Gasteiger charge is -2.30. The SMILES string of the molecule is CN1CCC(Cn2c(CC(C)(C)C)nc3cccnc32)CC1. The minimum Gasteiger partial charge on any atom is -0.312 e. The summed E-state index contributed by atoms with van der Waals surface area (Å²) in [6.07, 6.45) is 5.43. The first kappa shape index (κ1) is 15.5. The maximum Gasteiger partial charge on any atom is 0.159 e. The number of piperidine rings is 1. The monoisotopic (exact) mass is 300 g/mol. The molecule has 0 saturated carbocycles. The first-order chi connectivity index (χ1) is 10.4. The maximum absolute atomic E-state index is 4.87. The summed E-state index contributed by atoms with van der Waals surface area (Å²) < 4.78 is 2.39. The Balaban J connectivity index is 1.90. The standard InChI is InChI=1S/C18H28N4/c1-18(2,3)12-16-20-15-6-5-9-19-17(15)22(16)13-14-7-10-21(4)11-8-14/h5-6,9,14H,7-8,10-13H2,1-4H3. The van der Waals surface area contributed by atoms with Crippen LogP contribution in [0.25, 0.3) is 11.2 Å². The van der Waals surface area contributed by atoms with Crippen LogP contribution >= 0.6 is 0 Å². The van der Waals surface area contributed by atoms with E-state index < -0.39 is 0 Å². The summed E-state index contributed by atoms with van der Waals surface area (Å²) >= 11 is 0. The molecule has 4 nitrogen and oxygen atoms in total. The van der Waals surface area contributed by atoms with E-state index in [1.54, 1.807) is 0 Å². The second kappa shape index (κ2) is 5.99. The molecule has 1 aliphatic rings. The van der Waals surface area contributed by atoms with Crippen LogP contribution in [0, 0.1) is 11.3 Å². The highest BCUT2D eigenvalue weighted by molar-refractivity contribution is 5.71. The maximum atomic E-state index is 4.87. The van der Waals surface area contributed by atoms with Crippen LogP contribution in [-0.2, 0) is 13.0 Å². The molecule has 0 radical (unpaired) electrons. The summed E-state index contributed by atoms with van der Waals surface area (Å²) in [6.45, 7) is 10.3. The molecule has 4 heteroatoms. The number of hydrogen-bond donors (Lipinski definition) is 0. The van der Waals surface area contributed by atoms with Crippen LogP contribution in [0.4, 0.5) is 0 Å². The molecule has 0 N–H and O–H groups in total. The van der Waals surface area contributed by atoms with Crippen molar-refractivity contribution in [2.75, 3.05) is 20.1 Å². The molecular formula is C18H28N4. The Labute approximate surface area is 133 Å². The van der Waals surface area contributed by atoms with Crippen LogP contribution in [0.1, 0.15) is 39.4 Å². The van der Waals surface area contributed by atoms with Crippen LogP contribution < -0.4 is 0 Å². The zero-order valence-corrected chi connectivity index (χ0v) is 14.3. The molecule has 120 valence electrons. The molecule has 0 aromatic carbocycles. The fourth-order valence-electron chi connectivity index (χ4n) is 3.31. The zero-order chi connectivity index (χ0) is 15.7. The molecule has 0 atom stereocenters. The second-order valence-corrected chi connectivity index (χ2v) is 7.97. The summed E-state index contributed by atoms with van der Waals surface area (Å²) in [5, 5.41) is 0. The Bertz CT molecular complexity index is 630. The van der Waals surface area contributed by atoms with Crippen molar-refractivity contribution in [3.8, 4) is 0 Å². The lowest BCUT2D eigenvalue weighted by atomic mass is 9.91. The summed E-state index contributed by atoms with van der Waals surface area (Å²) in [5.41, 5.74) is 2.33. The van der Waals surface area contributed by atoms with Crippen molar-refractivity contribution in [2.45, 2.75) is 46.6 Å². The lowest BCUT2D eigenvalue weighted by molar-refractivity contribution is 0.204. The molecule has 3 rings (SSSR count). The van der Waals surface area contributed by atoms with Gasteiger partial charge in [-0.05, 0) is 56.4 Å². The van der Waals surface area contributed by atoms with Crippen molar-refractivity contribution in [1.29, 1.82) is 0 Å².